The lowest BCUT2D eigenvalue weighted by Gasteiger charge is -2.19. The molecule has 0 radical (unpaired) electrons. The summed E-state index contributed by atoms with van der Waals surface area (Å²) in [5.74, 6) is -0.0739. The second-order valence-electron chi connectivity index (χ2n) is 8.40. The summed E-state index contributed by atoms with van der Waals surface area (Å²) < 4.78 is 16.6. The maximum Gasteiger partial charge on any atom is 0.258 e. The van der Waals surface area contributed by atoms with Gasteiger partial charge in [-0.1, -0.05) is 39.8 Å². The van der Waals surface area contributed by atoms with Crippen molar-refractivity contribution < 1.29 is 9.00 Å². The van der Waals surface area contributed by atoms with E-state index in [4.69, 9.17) is 0 Å². The van der Waals surface area contributed by atoms with E-state index in [2.05, 4.69) is 15.3 Å². The smallest absolute Gasteiger partial charge is 0.258 e. The Hall–Kier alpha value is -2.49. The van der Waals surface area contributed by atoms with Gasteiger partial charge in [0.15, 0.2) is 0 Å². The first kappa shape index (κ1) is 23.8. The van der Waals surface area contributed by atoms with Gasteiger partial charge < -0.3 is 4.90 Å². The fraction of sp³-hybridized carbons (Fsp3) is 0.417. The standard InChI is InChI=1S/C24H31N3O2S/c1-16(2)21-11-19(14-25)12-22(17(3)4)23(21)13-24(28)26-30(29)20-9-7-18(8-10-20)15-27(5)6/h7-12,16-17,30H,13,15H2,1-6H3. The first-order valence-corrected chi connectivity index (χ1v) is 11.4. The molecule has 0 aliphatic carbocycles. The molecule has 2 aromatic carbocycles. The fourth-order valence-electron chi connectivity index (χ4n) is 3.46. The molecule has 0 aliphatic heterocycles. The number of carbonyl (C=O) groups is 1. The van der Waals surface area contributed by atoms with Crippen molar-refractivity contribution in [3.8, 4) is 6.07 Å². The zero-order chi connectivity index (χ0) is 22.4. The molecular weight excluding hydrogens is 394 g/mol. The maximum absolute atomic E-state index is 12.7. The average Bonchev–Trinajstić information content (AvgIpc) is 2.67. The van der Waals surface area contributed by atoms with E-state index in [9.17, 15) is 14.3 Å². The number of hydrogen-bond acceptors (Lipinski definition) is 4. The Bertz CT molecular complexity index is 996. The topological polar surface area (TPSA) is 73.5 Å². The number of rotatable bonds is 7. The van der Waals surface area contributed by atoms with E-state index in [1.165, 1.54) is 0 Å². The van der Waals surface area contributed by atoms with Crippen LogP contribution in [0.5, 0.6) is 0 Å². The average molecular weight is 426 g/mol. The van der Waals surface area contributed by atoms with Gasteiger partial charge in [-0.05, 0) is 72.5 Å². The first-order chi connectivity index (χ1) is 14.1. The zero-order valence-corrected chi connectivity index (χ0v) is 19.5. The lowest BCUT2D eigenvalue weighted by molar-refractivity contribution is -0.117. The quantitative estimate of drug-likeness (QED) is 0.655. The largest absolute Gasteiger partial charge is 0.305 e. The van der Waals surface area contributed by atoms with Gasteiger partial charge in [0.25, 0.3) is 5.91 Å². The molecule has 6 heteroatoms. The Labute approximate surface area is 181 Å². The van der Waals surface area contributed by atoms with Crippen molar-refractivity contribution in [3.05, 3.63) is 64.2 Å². The van der Waals surface area contributed by atoms with Crippen LogP contribution in [0.4, 0.5) is 0 Å². The zero-order valence-electron chi connectivity index (χ0n) is 18.6. The van der Waals surface area contributed by atoms with Crippen LogP contribution in [-0.4, -0.2) is 29.1 Å². The first-order valence-electron chi connectivity index (χ1n) is 10.1. The normalized spacial score (nSPS) is 12.5. The molecule has 0 bridgehead atoms. The summed E-state index contributed by atoms with van der Waals surface area (Å²) in [6, 6.07) is 13.3. The second kappa shape index (κ2) is 10.5. The molecule has 1 atom stereocenters. The van der Waals surface area contributed by atoms with Crippen molar-refractivity contribution in [2.75, 3.05) is 14.1 Å². The van der Waals surface area contributed by atoms with Crippen molar-refractivity contribution in [1.82, 2.24) is 4.90 Å². The molecule has 2 aromatic rings. The van der Waals surface area contributed by atoms with E-state index in [0.717, 1.165) is 28.8 Å². The van der Waals surface area contributed by atoms with Crippen LogP contribution in [0.3, 0.4) is 0 Å². The third-order valence-electron chi connectivity index (χ3n) is 4.88. The maximum atomic E-state index is 12.7. The van der Waals surface area contributed by atoms with Gasteiger partial charge >= 0.3 is 0 Å². The van der Waals surface area contributed by atoms with Crippen molar-refractivity contribution in [3.63, 3.8) is 0 Å². The van der Waals surface area contributed by atoms with Crippen LogP contribution in [0.1, 0.15) is 67.3 Å². The number of thiol groups is 1. The van der Waals surface area contributed by atoms with Gasteiger partial charge in [0.1, 0.15) is 0 Å². The Balaban J connectivity index is 2.33. The summed E-state index contributed by atoms with van der Waals surface area (Å²) >= 11 is 0. The van der Waals surface area contributed by atoms with Gasteiger partial charge in [-0.2, -0.15) is 9.62 Å². The number of benzene rings is 2. The molecule has 1 unspecified atom stereocenters. The molecule has 0 N–H and O–H groups in total. The highest BCUT2D eigenvalue weighted by Crippen LogP contribution is 2.30. The predicted octanol–water partition coefficient (Wildman–Crippen LogP) is 4.66. The van der Waals surface area contributed by atoms with Gasteiger partial charge in [0.05, 0.1) is 28.6 Å². The molecule has 30 heavy (non-hydrogen) atoms. The van der Waals surface area contributed by atoms with Crippen LogP contribution >= 0.6 is 0 Å². The summed E-state index contributed by atoms with van der Waals surface area (Å²) in [5.41, 5.74) is 4.56. The van der Waals surface area contributed by atoms with Crippen LogP contribution in [-0.2, 0) is 28.4 Å². The minimum Gasteiger partial charge on any atom is -0.305 e. The second-order valence-corrected chi connectivity index (χ2v) is 9.66. The van der Waals surface area contributed by atoms with Gasteiger partial charge in [-0.15, -0.1) is 0 Å². The monoisotopic (exact) mass is 425 g/mol. The van der Waals surface area contributed by atoms with Gasteiger partial charge in [0.2, 0.25) is 0 Å². The summed E-state index contributed by atoms with van der Waals surface area (Å²) in [4.78, 5) is 15.3. The van der Waals surface area contributed by atoms with E-state index in [0.29, 0.717) is 10.5 Å². The lowest BCUT2D eigenvalue weighted by Crippen LogP contribution is -2.10. The third kappa shape index (κ3) is 6.25. The summed E-state index contributed by atoms with van der Waals surface area (Å²) in [6.45, 7) is 8.97. The van der Waals surface area contributed by atoms with Crippen LogP contribution < -0.4 is 0 Å². The third-order valence-corrected chi connectivity index (χ3v) is 6.02. The van der Waals surface area contributed by atoms with Crippen LogP contribution in [0.15, 0.2) is 45.7 Å². The molecule has 5 nitrogen and oxygen atoms in total. The van der Waals surface area contributed by atoms with E-state index >= 15 is 0 Å². The van der Waals surface area contributed by atoms with Crippen molar-refractivity contribution in [2.24, 2.45) is 4.36 Å². The lowest BCUT2D eigenvalue weighted by atomic mass is 9.85. The molecule has 160 valence electrons. The highest BCUT2D eigenvalue weighted by Gasteiger charge is 2.18. The Morgan fingerprint density at radius 1 is 1.07 bits per heavy atom. The Kier molecular flexibility index (Phi) is 8.33. The molecule has 0 saturated carbocycles. The summed E-state index contributed by atoms with van der Waals surface area (Å²) in [5, 5.41) is 9.36. The number of nitrogens with zero attached hydrogens (tertiary/aromatic N) is 3. The van der Waals surface area contributed by atoms with E-state index in [1.807, 2.05) is 66.1 Å². The predicted molar refractivity (Wildman–Crippen MR) is 122 cm³/mol. The number of amides is 1. The number of nitriles is 1. The highest BCUT2D eigenvalue weighted by atomic mass is 32.2. The highest BCUT2D eigenvalue weighted by molar-refractivity contribution is 7.75. The van der Waals surface area contributed by atoms with E-state index < -0.39 is 16.5 Å². The Morgan fingerprint density at radius 3 is 2.03 bits per heavy atom. The molecule has 2 rings (SSSR count). The van der Waals surface area contributed by atoms with Crippen LogP contribution in [0.2, 0.25) is 0 Å². The number of carbonyl (C=O) groups excluding carboxylic acids is 1. The Morgan fingerprint density at radius 2 is 1.60 bits per heavy atom. The molecule has 1 amide bonds. The minimum atomic E-state index is -2.14. The number of hydrogen-bond donors (Lipinski definition) is 1. The van der Waals surface area contributed by atoms with Crippen LogP contribution in [0, 0.1) is 11.3 Å². The SMILES string of the molecule is CC(C)c1cc(C#N)cc(C(C)C)c1CC(=O)N=[SH](=O)c1ccc(CN(C)C)cc1. The molecule has 0 saturated heterocycles. The summed E-state index contributed by atoms with van der Waals surface area (Å²) in [6.07, 6.45) is 0.0898. The van der Waals surface area contributed by atoms with Gasteiger partial charge in [0, 0.05) is 11.4 Å². The minimum absolute atomic E-state index is 0.0898. The van der Waals surface area contributed by atoms with E-state index in [1.54, 1.807) is 12.1 Å². The molecule has 0 heterocycles. The van der Waals surface area contributed by atoms with Crippen molar-refractivity contribution in [2.45, 2.75) is 57.4 Å². The van der Waals surface area contributed by atoms with Crippen molar-refractivity contribution >= 4 is 16.5 Å². The van der Waals surface area contributed by atoms with Crippen LogP contribution in [0.25, 0.3) is 0 Å². The molecule has 0 aliphatic rings. The fourth-order valence-corrected chi connectivity index (χ4v) is 4.25. The summed E-state index contributed by atoms with van der Waals surface area (Å²) in [7, 11) is 1.83. The van der Waals surface area contributed by atoms with Crippen molar-refractivity contribution in [1.29, 1.82) is 5.26 Å². The van der Waals surface area contributed by atoms with E-state index in [-0.39, 0.29) is 18.3 Å². The molecule has 0 spiro atoms. The molecular formula is C24H31N3O2S. The molecule has 0 fully saturated rings. The molecule has 0 aromatic heterocycles. The van der Waals surface area contributed by atoms with Gasteiger partial charge in [-0.3, -0.25) is 4.79 Å². The van der Waals surface area contributed by atoms with Gasteiger partial charge in [-0.25, -0.2) is 4.21 Å².